The number of aromatic nitrogens is 1. The zero-order valence-electron chi connectivity index (χ0n) is 12.3. The van der Waals surface area contributed by atoms with Gasteiger partial charge >= 0.3 is 0 Å². The lowest BCUT2D eigenvalue weighted by molar-refractivity contribution is 0.675. The zero-order chi connectivity index (χ0) is 14.2. The number of rotatable bonds is 7. The maximum absolute atomic E-state index is 4.51. The molecule has 2 aromatic rings. The van der Waals surface area contributed by atoms with E-state index in [4.69, 9.17) is 0 Å². The van der Waals surface area contributed by atoms with E-state index in [2.05, 4.69) is 65.4 Å². The summed E-state index contributed by atoms with van der Waals surface area (Å²) < 4.78 is 0. The van der Waals surface area contributed by atoms with Crippen LogP contribution in [0.2, 0.25) is 0 Å². The third-order valence-electron chi connectivity index (χ3n) is 3.23. The van der Waals surface area contributed by atoms with Crippen LogP contribution in [0.4, 0.5) is 11.5 Å². The number of hydrogen-bond donors (Lipinski definition) is 1. The van der Waals surface area contributed by atoms with Crippen LogP contribution >= 0.6 is 0 Å². The van der Waals surface area contributed by atoms with Crippen LogP contribution in [0.3, 0.4) is 0 Å². The van der Waals surface area contributed by atoms with Crippen LogP contribution in [-0.2, 0) is 6.54 Å². The Morgan fingerprint density at radius 3 is 2.60 bits per heavy atom. The SMILES string of the molecule is CCCNCc1ccnc(N(CC)c2ccccc2)c1. The second-order valence-corrected chi connectivity index (χ2v) is 4.78. The van der Waals surface area contributed by atoms with Crippen LogP contribution < -0.4 is 10.2 Å². The highest BCUT2D eigenvalue weighted by molar-refractivity contribution is 5.60. The monoisotopic (exact) mass is 269 g/mol. The van der Waals surface area contributed by atoms with Crippen molar-refractivity contribution in [2.24, 2.45) is 0 Å². The molecule has 3 heteroatoms. The molecule has 1 aromatic carbocycles. The van der Waals surface area contributed by atoms with E-state index in [0.717, 1.165) is 31.9 Å². The van der Waals surface area contributed by atoms with Crippen LogP contribution in [0.1, 0.15) is 25.8 Å². The van der Waals surface area contributed by atoms with Gasteiger partial charge in [-0.25, -0.2) is 4.98 Å². The third kappa shape index (κ3) is 3.81. The van der Waals surface area contributed by atoms with Gasteiger partial charge in [0.05, 0.1) is 0 Å². The van der Waals surface area contributed by atoms with Crippen molar-refractivity contribution in [3.63, 3.8) is 0 Å². The average Bonchev–Trinajstić information content (AvgIpc) is 2.50. The lowest BCUT2D eigenvalue weighted by Crippen LogP contribution is -2.18. The minimum Gasteiger partial charge on any atom is -0.327 e. The average molecular weight is 269 g/mol. The maximum Gasteiger partial charge on any atom is 0.133 e. The molecule has 0 unspecified atom stereocenters. The van der Waals surface area contributed by atoms with E-state index in [9.17, 15) is 0 Å². The maximum atomic E-state index is 4.51. The Morgan fingerprint density at radius 1 is 1.10 bits per heavy atom. The van der Waals surface area contributed by atoms with Gasteiger partial charge in [0, 0.05) is 25.0 Å². The van der Waals surface area contributed by atoms with Gasteiger partial charge in [-0.1, -0.05) is 25.1 Å². The lowest BCUT2D eigenvalue weighted by atomic mass is 10.2. The predicted octanol–water partition coefficient (Wildman–Crippen LogP) is 3.74. The van der Waals surface area contributed by atoms with E-state index < -0.39 is 0 Å². The van der Waals surface area contributed by atoms with Crippen molar-refractivity contribution < 1.29 is 0 Å². The summed E-state index contributed by atoms with van der Waals surface area (Å²) in [5.74, 6) is 1.01. The largest absolute Gasteiger partial charge is 0.327 e. The summed E-state index contributed by atoms with van der Waals surface area (Å²) in [7, 11) is 0. The van der Waals surface area contributed by atoms with Crippen molar-refractivity contribution >= 4 is 11.5 Å². The molecular weight excluding hydrogens is 246 g/mol. The molecule has 0 atom stereocenters. The van der Waals surface area contributed by atoms with E-state index in [-0.39, 0.29) is 0 Å². The van der Waals surface area contributed by atoms with Crippen molar-refractivity contribution in [1.29, 1.82) is 0 Å². The third-order valence-corrected chi connectivity index (χ3v) is 3.23. The lowest BCUT2D eigenvalue weighted by Gasteiger charge is -2.22. The molecule has 1 heterocycles. The highest BCUT2D eigenvalue weighted by Crippen LogP contribution is 2.23. The molecule has 0 saturated heterocycles. The van der Waals surface area contributed by atoms with Gasteiger partial charge < -0.3 is 10.2 Å². The fraction of sp³-hybridized carbons (Fsp3) is 0.353. The molecule has 0 aliphatic rings. The normalized spacial score (nSPS) is 10.5. The summed E-state index contributed by atoms with van der Waals surface area (Å²) in [5, 5.41) is 3.43. The topological polar surface area (TPSA) is 28.2 Å². The molecule has 0 aliphatic heterocycles. The predicted molar refractivity (Wildman–Crippen MR) is 85.4 cm³/mol. The van der Waals surface area contributed by atoms with Crippen molar-refractivity contribution in [2.75, 3.05) is 18.0 Å². The fourth-order valence-electron chi connectivity index (χ4n) is 2.21. The summed E-state index contributed by atoms with van der Waals surface area (Å²) >= 11 is 0. The first kappa shape index (κ1) is 14.5. The molecule has 106 valence electrons. The molecule has 1 N–H and O–H groups in total. The Morgan fingerprint density at radius 2 is 1.90 bits per heavy atom. The molecule has 0 aliphatic carbocycles. The molecule has 0 spiro atoms. The van der Waals surface area contributed by atoms with Crippen molar-refractivity contribution in [1.82, 2.24) is 10.3 Å². The highest BCUT2D eigenvalue weighted by atomic mass is 15.2. The van der Waals surface area contributed by atoms with E-state index >= 15 is 0 Å². The van der Waals surface area contributed by atoms with Crippen molar-refractivity contribution in [2.45, 2.75) is 26.8 Å². The van der Waals surface area contributed by atoms with E-state index in [1.165, 1.54) is 11.3 Å². The molecule has 0 bridgehead atoms. The van der Waals surface area contributed by atoms with Crippen LogP contribution in [0.15, 0.2) is 48.7 Å². The van der Waals surface area contributed by atoms with Crippen molar-refractivity contribution in [3.8, 4) is 0 Å². The van der Waals surface area contributed by atoms with Gasteiger partial charge in [0.25, 0.3) is 0 Å². The molecule has 0 amide bonds. The number of para-hydroxylation sites is 1. The second-order valence-electron chi connectivity index (χ2n) is 4.78. The van der Waals surface area contributed by atoms with Crippen molar-refractivity contribution in [3.05, 3.63) is 54.2 Å². The second kappa shape index (κ2) is 7.65. The highest BCUT2D eigenvalue weighted by Gasteiger charge is 2.08. The first-order valence-electron chi connectivity index (χ1n) is 7.33. The summed E-state index contributed by atoms with van der Waals surface area (Å²) in [5.41, 5.74) is 2.46. The fourth-order valence-corrected chi connectivity index (χ4v) is 2.21. The number of nitrogens with one attached hydrogen (secondary N) is 1. The number of pyridine rings is 1. The molecule has 1 aromatic heterocycles. The molecule has 0 saturated carbocycles. The van der Waals surface area contributed by atoms with Crippen LogP contribution in [-0.4, -0.2) is 18.1 Å². The minimum atomic E-state index is 0.899. The minimum absolute atomic E-state index is 0.899. The summed E-state index contributed by atoms with van der Waals surface area (Å²) in [6.07, 6.45) is 3.05. The number of anilines is 2. The van der Waals surface area contributed by atoms with E-state index in [1.807, 2.05) is 12.3 Å². The first-order chi connectivity index (χ1) is 9.85. The number of nitrogens with zero attached hydrogens (tertiary/aromatic N) is 2. The Labute approximate surface area is 121 Å². The van der Waals surface area contributed by atoms with Gasteiger partial charge in [0.15, 0.2) is 0 Å². The van der Waals surface area contributed by atoms with Gasteiger partial charge in [0.1, 0.15) is 5.82 Å². The first-order valence-corrected chi connectivity index (χ1v) is 7.33. The van der Waals surface area contributed by atoms with Gasteiger partial charge in [0.2, 0.25) is 0 Å². The number of hydrogen-bond acceptors (Lipinski definition) is 3. The smallest absolute Gasteiger partial charge is 0.133 e. The molecular formula is C17H23N3. The van der Waals surface area contributed by atoms with Gasteiger partial charge in [-0.3, -0.25) is 0 Å². The molecule has 3 nitrogen and oxygen atoms in total. The van der Waals surface area contributed by atoms with Gasteiger partial charge in [-0.15, -0.1) is 0 Å². The Balaban J connectivity index is 2.16. The van der Waals surface area contributed by atoms with Crippen LogP contribution in [0.25, 0.3) is 0 Å². The van der Waals surface area contributed by atoms with Gasteiger partial charge in [-0.2, -0.15) is 0 Å². The molecule has 20 heavy (non-hydrogen) atoms. The summed E-state index contributed by atoms with van der Waals surface area (Å²) in [6, 6.07) is 14.6. The molecule has 0 radical (unpaired) electrons. The summed E-state index contributed by atoms with van der Waals surface area (Å²) in [6.45, 7) is 7.18. The molecule has 0 fully saturated rings. The van der Waals surface area contributed by atoms with E-state index in [1.54, 1.807) is 0 Å². The Bertz CT molecular complexity index is 511. The quantitative estimate of drug-likeness (QED) is 0.776. The Kier molecular flexibility index (Phi) is 5.56. The van der Waals surface area contributed by atoms with Gasteiger partial charge in [-0.05, 0) is 49.7 Å². The Hall–Kier alpha value is -1.87. The molecule has 2 rings (SSSR count). The zero-order valence-corrected chi connectivity index (χ0v) is 12.3. The summed E-state index contributed by atoms with van der Waals surface area (Å²) in [4.78, 5) is 6.74. The van der Waals surface area contributed by atoms with E-state index in [0.29, 0.717) is 0 Å². The number of benzene rings is 1. The van der Waals surface area contributed by atoms with Crippen LogP contribution in [0, 0.1) is 0 Å². The standard InChI is InChI=1S/C17H23N3/c1-3-11-18-14-15-10-12-19-17(13-15)20(4-2)16-8-6-5-7-9-16/h5-10,12-13,18H,3-4,11,14H2,1-2H3. The van der Waals surface area contributed by atoms with Crippen LogP contribution in [0.5, 0.6) is 0 Å².